The highest BCUT2D eigenvalue weighted by molar-refractivity contribution is 6.08. The normalized spacial score (nSPS) is 12.1. The summed E-state index contributed by atoms with van der Waals surface area (Å²) >= 11 is 0. The number of nitrogens with zero attached hydrogens (tertiary/aromatic N) is 2. The maximum Gasteiger partial charge on any atom is 0.171 e. The number of hydrogen-bond acceptors (Lipinski definition) is 4. The number of fused-ring (bicyclic) bond motifs is 2. The zero-order chi connectivity index (χ0) is 17.8. The largest absolute Gasteiger partial charge is 0.399 e. The minimum Gasteiger partial charge on any atom is -0.399 e. The number of aromatic amines is 2. The van der Waals surface area contributed by atoms with Gasteiger partial charge in [0.25, 0.3) is 0 Å². The van der Waals surface area contributed by atoms with Crippen molar-refractivity contribution in [1.29, 1.82) is 0 Å². The summed E-state index contributed by atoms with van der Waals surface area (Å²) < 4.78 is 0. The van der Waals surface area contributed by atoms with E-state index in [1.54, 1.807) is 12.4 Å². The van der Waals surface area contributed by atoms with Crippen LogP contribution >= 0.6 is 0 Å². The first-order valence-electron chi connectivity index (χ1n) is 8.10. The van der Waals surface area contributed by atoms with Crippen molar-refractivity contribution in [3.8, 4) is 11.3 Å². The number of nitrogens with one attached hydrogen (secondary N) is 2. The van der Waals surface area contributed by atoms with E-state index < -0.39 is 5.41 Å². The molecule has 0 aliphatic carbocycles. The summed E-state index contributed by atoms with van der Waals surface area (Å²) in [6, 6.07) is 5.69. The first-order chi connectivity index (χ1) is 11.8. The van der Waals surface area contributed by atoms with Crippen molar-refractivity contribution >= 4 is 33.5 Å². The lowest BCUT2D eigenvalue weighted by atomic mass is 9.87. The summed E-state index contributed by atoms with van der Waals surface area (Å²) in [6.07, 6.45) is 5.28. The molecule has 0 aliphatic rings. The number of anilines is 1. The van der Waals surface area contributed by atoms with Crippen LogP contribution in [0, 0.1) is 5.41 Å². The van der Waals surface area contributed by atoms with Crippen LogP contribution in [0.1, 0.15) is 31.1 Å². The molecular weight excluding hydrogens is 314 g/mol. The van der Waals surface area contributed by atoms with Gasteiger partial charge in [-0.3, -0.25) is 4.79 Å². The molecule has 4 aromatic rings. The summed E-state index contributed by atoms with van der Waals surface area (Å²) in [7, 11) is 0. The number of benzene rings is 1. The fraction of sp³-hybridized carbons (Fsp3) is 0.211. The van der Waals surface area contributed by atoms with Gasteiger partial charge in [0.1, 0.15) is 5.52 Å². The predicted octanol–water partition coefficient (Wildman–Crippen LogP) is 3.92. The fourth-order valence-corrected chi connectivity index (χ4v) is 2.95. The number of rotatable bonds is 2. The van der Waals surface area contributed by atoms with E-state index in [0.29, 0.717) is 28.1 Å². The van der Waals surface area contributed by atoms with E-state index in [0.717, 1.165) is 16.5 Å². The van der Waals surface area contributed by atoms with Gasteiger partial charge in [0.05, 0.1) is 17.5 Å². The molecule has 0 bridgehead atoms. The zero-order valence-corrected chi connectivity index (χ0v) is 14.3. The van der Waals surface area contributed by atoms with Gasteiger partial charge in [0, 0.05) is 40.0 Å². The molecule has 0 saturated heterocycles. The standard InChI is InChI=1S/C19H19N5O/c1-19(2,3)17(25)13-8-22-18-16(13)24-15(9-23-18)12-7-21-14-5-4-10(20)6-11(12)14/h4-9,21H,20H2,1-3H3,(H,22,23). The number of hydrogen-bond donors (Lipinski definition) is 3. The van der Waals surface area contributed by atoms with Crippen molar-refractivity contribution < 1.29 is 4.79 Å². The monoisotopic (exact) mass is 333 g/mol. The number of nitrogens with two attached hydrogens (primary N) is 1. The first-order valence-corrected chi connectivity index (χ1v) is 8.10. The van der Waals surface area contributed by atoms with Crippen molar-refractivity contribution in [3.63, 3.8) is 0 Å². The van der Waals surface area contributed by atoms with E-state index in [2.05, 4.69) is 15.0 Å². The van der Waals surface area contributed by atoms with Gasteiger partial charge in [-0.1, -0.05) is 20.8 Å². The molecule has 0 aliphatic heterocycles. The van der Waals surface area contributed by atoms with Gasteiger partial charge in [0.2, 0.25) is 0 Å². The molecule has 6 heteroatoms. The minimum atomic E-state index is -0.484. The Hall–Kier alpha value is -3.15. The van der Waals surface area contributed by atoms with E-state index in [9.17, 15) is 4.79 Å². The summed E-state index contributed by atoms with van der Waals surface area (Å²) in [5.74, 6) is 0.0355. The summed E-state index contributed by atoms with van der Waals surface area (Å²) in [4.78, 5) is 28.1. The van der Waals surface area contributed by atoms with E-state index >= 15 is 0 Å². The van der Waals surface area contributed by atoms with Crippen LogP contribution in [-0.4, -0.2) is 25.7 Å². The second-order valence-electron chi connectivity index (χ2n) is 7.24. The quantitative estimate of drug-likeness (QED) is 0.382. The van der Waals surface area contributed by atoms with Crippen molar-refractivity contribution in [1.82, 2.24) is 19.9 Å². The molecule has 25 heavy (non-hydrogen) atoms. The van der Waals surface area contributed by atoms with Crippen LogP contribution < -0.4 is 5.73 Å². The Kier molecular flexibility index (Phi) is 3.18. The van der Waals surface area contributed by atoms with Crippen molar-refractivity contribution in [2.24, 2.45) is 5.41 Å². The summed E-state index contributed by atoms with van der Waals surface area (Å²) in [5, 5.41) is 0.980. The van der Waals surface area contributed by atoms with Gasteiger partial charge in [-0.15, -0.1) is 0 Å². The molecule has 6 nitrogen and oxygen atoms in total. The molecule has 0 fully saturated rings. The molecule has 1 aromatic carbocycles. The number of H-pyrrole nitrogens is 2. The summed E-state index contributed by atoms with van der Waals surface area (Å²) in [5.41, 5.74) is 10.5. The van der Waals surface area contributed by atoms with Crippen molar-refractivity contribution in [3.05, 3.63) is 42.4 Å². The van der Waals surface area contributed by atoms with Crippen LogP contribution in [0.15, 0.2) is 36.8 Å². The molecule has 0 unspecified atom stereocenters. The lowest BCUT2D eigenvalue weighted by Crippen LogP contribution is -2.20. The molecule has 4 rings (SSSR count). The summed E-state index contributed by atoms with van der Waals surface area (Å²) in [6.45, 7) is 5.69. The van der Waals surface area contributed by atoms with Crippen LogP contribution in [0.3, 0.4) is 0 Å². The highest BCUT2D eigenvalue weighted by Crippen LogP contribution is 2.31. The molecule has 3 heterocycles. The van der Waals surface area contributed by atoms with Crippen LogP contribution in [0.25, 0.3) is 33.3 Å². The second kappa shape index (κ2) is 5.17. The van der Waals surface area contributed by atoms with E-state index in [1.807, 2.05) is 45.2 Å². The topological polar surface area (TPSA) is 100 Å². The third-order valence-electron chi connectivity index (χ3n) is 4.29. The molecule has 0 spiro atoms. The molecular formula is C19H19N5O. The molecule has 0 saturated carbocycles. The lowest BCUT2D eigenvalue weighted by Gasteiger charge is -2.15. The fourth-order valence-electron chi connectivity index (χ4n) is 2.95. The number of carbonyl (C=O) groups is 1. The average molecular weight is 333 g/mol. The van der Waals surface area contributed by atoms with Gasteiger partial charge in [-0.2, -0.15) is 0 Å². The second-order valence-corrected chi connectivity index (χ2v) is 7.24. The van der Waals surface area contributed by atoms with Crippen LogP contribution in [0.5, 0.6) is 0 Å². The molecule has 126 valence electrons. The highest BCUT2D eigenvalue weighted by atomic mass is 16.1. The average Bonchev–Trinajstić information content (AvgIpc) is 3.16. The van der Waals surface area contributed by atoms with Crippen molar-refractivity contribution in [2.75, 3.05) is 5.73 Å². The zero-order valence-electron chi connectivity index (χ0n) is 14.3. The predicted molar refractivity (Wildman–Crippen MR) is 99.4 cm³/mol. The van der Waals surface area contributed by atoms with Crippen LogP contribution in [0.2, 0.25) is 0 Å². The Bertz CT molecular complexity index is 1110. The molecule has 0 radical (unpaired) electrons. The number of nitrogen functional groups attached to an aromatic ring is 1. The van der Waals surface area contributed by atoms with Gasteiger partial charge >= 0.3 is 0 Å². The van der Waals surface area contributed by atoms with Gasteiger partial charge in [-0.25, -0.2) is 9.97 Å². The van der Waals surface area contributed by atoms with Gasteiger partial charge < -0.3 is 15.7 Å². The molecule has 0 amide bonds. The van der Waals surface area contributed by atoms with E-state index in [4.69, 9.17) is 10.7 Å². The lowest BCUT2D eigenvalue weighted by molar-refractivity contribution is 0.0860. The number of ketones is 1. The van der Waals surface area contributed by atoms with Crippen LogP contribution in [0.4, 0.5) is 5.69 Å². The molecule has 0 atom stereocenters. The number of aromatic nitrogens is 4. The third kappa shape index (κ3) is 2.46. The van der Waals surface area contributed by atoms with Gasteiger partial charge in [0.15, 0.2) is 11.4 Å². The number of Topliss-reactive ketones (excluding diaryl/α,β-unsaturated/α-hetero) is 1. The highest BCUT2D eigenvalue weighted by Gasteiger charge is 2.26. The van der Waals surface area contributed by atoms with E-state index in [1.165, 1.54) is 0 Å². The van der Waals surface area contributed by atoms with Gasteiger partial charge in [-0.05, 0) is 18.2 Å². The third-order valence-corrected chi connectivity index (χ3v) is 4.29. The Balaban J connectivity index is 1.91. The Morgan fingerprint density at radius 3 is 2.72 bits per heavy atom. The van der Waals surface area contributed by atoms with Crippen molar-refractivity contribution in [2.45, 2.75) is 20.8 Å². The maximum absolute atomic E-state index is 12.7. The maximum atomic E-state index is 12.7. The van der Waals surface area contributed by atoms with Crippen LogP contribution in [-0.2, 0) is 0 Å². The smallest absolute Gasteiger partial charge is 0.171 e. The SMILES string of the molecule is CC(C)(C)C(=O)c1c[nH]c2ncc(-c3c[nH]c4ccc(N)cc34)nc12. The minimum absolute atomic E-state index is 0.0355. The Labute approximate surface area is 144 Å². The Morgan fingerprint density at radius 2 is 1.96 bits per heavy atom. The van der Waals surface area contributed by atoms with E-state index in [-0.39, 0.29) is 5.78 Å². The Morgan fingerprint density at radius 1 is 1.16 bits per heavy atom. The number of carbonyl (C=O) groups excluding carboxylic acids is 1. The molecule has 4 N–H and O–H groups in total. The first kappa shape index (κ1) is 15.4. The molecule has 3 aromatic heterocycles.